The molecule has 1 aliphatic rings. The maximum Gasteiger partial charge on any atom is 0.326 e. The van der Waals surface area contributed by atoms with E-state index < -0.39 is 5.54 Å². The summed E-state index contributed by atoms with van der Waals surface area (Å²) in [7, 11) is 3.49. The minimum Gasteiger partial charge on any atom is -0.468 e. The van der Waals surface area contributed by atoms with E-state index in [0.29, 0.717) is 5.92 Å². The highest BCUT2D eigenvalue weighted by Crippen LogP contribution is 2.39. The van der Waals surface area contributed by atoms with E-state index in [0.717, 1.165) is 43.1 Å². The molecule has 5 nitrogen and oxygen atoms in total. The number of hydrogen-bond acceptors (Lipinski definition) is 5. The fourth-order valence-electron chi connectivity index (χ4n) is 3.32. The van der Waals surface area contributed by atoms with E-state index in [9.17, 15) is 4.79 Å². The van der Waals surface area contributed by atoms with E-state index in [2.05, 4.69) is 10.3 Å². The Hall–Kier alpha value is -1.01. The normalized spacial score (nSPS) is 25.2. The molecule has 1 N–H and O–H groups in total. The minimum absolute atomic E-state index is 0.103. The number of ether oxygens (including phenoxy) is 1. The lowest BCUT2D eigenvalue weighted by molar-refractivity contribution is -0.150. The van der Waals surface area contributed by atoms with Crippen molar-refractivity contribution < 1.29 is 9.53 Å². The molecule has 1 aromatic rings. The number of carbonyl (C=O) groups excluding carboxylic acids is 1. The van der Waals surface area contributed by atoms with Crippen molar-refractivity contribution in [2.75, 3.05) is 19.4 Å². The molecule has 21 heavy (non-hydrogen) atoms. The lowest BCUT2D eigenvalue weighted by Gasteiger charge is -2.33. The van der Waals surface area contributed by atoms with Crippen molar-refractivity contribution in [2.24, 2.45) is 13.0 Å². The quantitative estimate of drug-likeness (QED) is 0.618. The monoisotopic (exact) mass is 311 g/mol. The number of hydrogen-bond donors (Lipinski definition) is 1. The summed E-state index contributed by atoms with van der Waals surface area (Å²) in [6.45, 7) is 2.83. The van der Waals surface area contributed by atoms with Gasteiger partial charge in [0.05, 0.1) is 7.11 Å². The van der Waals surface area contributed by atoms with Crippen molar-refractivity contribution in [3.05, 3.63) is 12.4 Å². The molecule has 0 spiro atoms. The molecule has 0 amide bonds. The predicted octanol–water partition coefficient (Wildman–Crippen LogP) is 2.22. The van der Waals surface area contributed by atoms with Crippen molar-refractivity contribution in [1.82, 2.24) is 14.9 Å². The largest absolute Gasteiger partial charge is 0.468 e. The lowest BCUT2D eigenvalue weighted by Crippen LogP contribution is -2.55. The van der Waals surface area contributed by atoms with E-state index in [4.69, 9.17) is 4.74 Å². The summed E-state index contributed by atoms with van der Waals surface area (Å²) in [4.78, 5) is 16.6. The number of carbonyl (C=O) groups is 1. The number of esters is 1. The number of thioether (sulfide) groups is 1. The van der Waals surface area contributed by atoms with Crippen LogP contribution in [-0.2, 0) is 16.6 Å². The van der Waals surface area contributed by atoms with Gasteiger partial charge in [0.2, 0.25) is 0 Å². The van der Waals surface area contributed by atoms with Crippen LogP contribution < -0.4 is 5.32 Å². The average Bonchev–Trinajstić information content (AvgIpc) is 3.07. The first-order valence-corrected chi connectivity index (χ1v) is 8.56. The predicted molar refractivity (Wildman–Crippen MR) is 84.3 cm³/mol. The van der Waals surface area contributed by atoms with E-state index in [1.165, 1.54) is 7.11 Å². The van der Waals surface area contributed by atoms with Crippen molar-refractivity contribution in [1.29, 1.82) is 0 Å². The van der Waals surface area contributed by atoms with Gasteiger partial charge in [-0.05, 0) is 31.7 Å². The number of aromatic nitrogens is 2. The summed E-state index contributed by atoms with van der Waals surface area (Å²) < 4.78 is 7.09. The molecule has 2 atom stereocenters. The first kappa shape index (κ1) is 16.4. The summed E-state index contributed by atoms with van der Waals surface area (Å²) in [6.07, 6.45) is 7.82. The lowest BCUT2D eigenvalue weighted by atomic mass is 9.85. The summed E-state index contributed by atoms with van der Waals surface area (Å²) in [6, 6.07) is 0. The van der Waals surface area contributed by atoms with Crippen LogP contribution in [-0.4, -0.2) is 40.5 Å². The van der Waals surface area contributed by atoms with E-state index in [1.807, 2.05) is 30.9 Å². The SMILES string of the molecule is CCNC1(C(=O)OC)CCCC1CCSc1nccn1C. The molecule has 1 fully saturated rings. The average molecular weight is 311 g/mol. The van der Waals surface area contributed by atoms with Crippen LogP contribution in [0.15, 0.2) is 17.6 Å². The Morgan fingerprint density at radius 2 is 2.48 bits per heavy atom. The summed E-state index contributed by atoms with van der Waals surface area (Å²) in [5.74, 6) is 1.21. The van der Waals surface area contributed by atoms with Crippen LogP contribution in [0.2, 0.25) is 0 Å². The Labute approximate surface area is 130 Å². The fraction of sp³-hybridized carbons (Fsp3) is 0.733. The second kappa shape index (κ2) is 7.31. The second-order valence-electron chi connectivity index (χ2n) is 5.54. The third kappa shape index (κ3) is 3.43. The maximum atomic E-state index is 12.3. The van der Waals surface area contributed by atoms with Gasteiger partial charge < -0.3 is 14.6 Å². The molecule has 0 radical (unpaired) electrons. The van der Waals surface area contributed by atoms with Crippen LogP contribution in [0.25, 0.3) is 0 Å². The highest BCUT2D eigenvalue weighted by Gasteiger charge is 2.48. The minimum atomic E-state index is -0.480. The Morgan fingerprint density at radius 3 is 3.10 bits per heavy atom. The van der Waals surface area contributed by atoms with Crippen molar-refractivity contribution in [2.45, 2.75) is 43.3 Å². The fourth-order valence-corrected chi connectivity index (χ4v) is 4.31. The first-order chi connectivity index (χ1) is 10.1. The first-order valence-electron chi connectivity index (χ1n) is 7.57. The van der Waals surface area contributed by atoms with Gasteiger partial charge in [-0.2, -0.15) is 0 Å². The molecule has 1 heterocycles. The van der Waals surface area contributed by atoms with Crippen LogP contribution in [0.5, 0.6) is 0 Å². The van der Waals surface area contributed by atoms with Gasteiger partial charge in [-0.3, -0.25) is 4.79 Å². The van der Waals surface area contributed by atoms with Crippen LogP contribution in [0.1, 0.15) is 32.6 Å². The molecule has 0 bridgehead atoms. The molecular formula is C15H25N3O2S. The highest BCUT2D eigenvalue weighted by molar-refractivity contribution is 7.99. The molecule has 0 aromatic carbocycles. The van der Waals surface area contributed by atoms with Gasteiger partial charge in [0.1, 0.15) is 5.54 Å². The van der Waals surface area contributed by atoms with Gasteiger partial charge >= 0.3 is 5.97 Å². The second-order valence-corrected chi connectivity index (χ2v) is 6.60. The van der Waals surface area contributed by atoms with Crippen LogP contribution in [0.4, 0.5) is 0 Å². The number of nitrogens with zero attached hydrogens (tertiary/aromatic N) is 2. The Balaban J connectivity index is 1.97. The molecule has 118 valence electrons. The topological polar surface area (TPSA) is 56.1 Å². The molecule has 2 rings (SSSR count). The Morgan fingerprint density at radius 1 is 1.67 bits per heavy atom. The van der Waals surface area contributed by atoms with Crippen LogP contribution in [0.3, 0.4) is 0 Å². The third-order valence-corrected chi connectivity index (χ3v) is 5.43. The molecule has 2 unspecified atom stereocenters. The third-order valence-electron chi connectivity index (χ3n) is 4.34. The number of nitrogens with one attached hydrogen (secondary N) is 1. The molecule has 0 saturated heterocycles. The highest BCUT2D eigenvalue weighted by atomic mass is 32.2. The summed E-state index contributed by atoms with van der Waals surface area (Å²) >= 11 is 1.75. The Kier molecular flexibility index (Phi) is 5.70. The van der Waals surface area contributed by atoms with E-state index in [-0.39, 0.29) is 5.97 Å². The number of methoxy groups -OCH3 is 1. The molecule has 1 saturated carbocycles. The number of rotatable bonds is 7. The molecule has 1 aromatic heterocycles. The Bertz CT molecular complexity index is 477. The maximum absolute atomic E-state index is 12.3. The molecule has 1 aliphatic carbocycles. The molecule has 0 aliphatic heterocycles. The van der Waals surface area contributed by atoms with Crippen molar-refractivity contribution in [3.8, 4) is 0 Å². The standard InChI is InChI=1S/C15H25N3O2S/c1-4-17-15(13(19)20-3)8-5-6-12(15)7-11-21-14-16-9-10-18(14)2/h9-10,12,17H,4-8,11H2,1-3H3. The van der Waals surface area contributed by atoms with Crippen LogP contribution in [0, 0.1) is 5.92 Å². The smallest absolute Gasteiger partial charge is 0.326 e. The number of imidazole rings is 1. The van der Waals surface area contributed by atoms with Gasteiger partial charge in [0.15, 0.2) is 5.16 Å². The van der Waals surface area contributed by atoms with Crippen LogP contribution >= 0.6 is 11.8 Å². The van der Waals surface area contributed by atoms with E-state index in [1.54, 1.807) is 11.8 Å². The number of likely N-dealkylation sites (N-methyl/N-ethyl adjacent to an activating group) is 1. The van der Waals surface area contributed by atoms with Crippen molar-refractivity contribution >= 4 is 17.7 Å². The summed E-state index contributed by atoms with van der Waals surface area (Å²) in [5, 5.41) is 4.44. The molecule has 6 heteroatoms. The summed E-state index contributed by atoms with van der Waals surface area (Å²) in [5.41, 5.74) is -0.480. The zero-order chi connectivity index (χ0) is 15.3. The van der Waals surface area contributed by atoms with Gasteiger partial charge in [0, 0.05) is 25.2 Å². The zero-order valence-electron chi connectivity index (χ0n) is 13.1. The zero-order valence-corrected chi connectivity index (χ0v) is 13.9. The van der Waals surface area contributed by atoms with Gasteiger partial charge in [-0.15, -0.1) is 0 Å². The number of aryl methyl sites for hydroxylation is 1. The van der Waals surface area contributed by atoms with Gasteiger partial charge in [-0.25, -0.2) is 4.98 Å². The van der Waals surface area contributed by atoms with Gasteiger partial charge in [0.25, 0.3) is 0 Å². The van der Waals surface area contributed by atoms with Crippen molar-refractivity contribution in [3.63, 3.8) is 0 Å². The van der Waals surface area contributed by atoms with E-state index >= 15 is 0 Å². The molecular weight excluding hydrogens is 286 g/mol. The van der Waals surface area contributed by atoms with Gasteiger partial charge in [-0.1, -0.05) is 25.1 Å².